The highest BCUT2D eigenvalue weighted by atomic mass is 19.4. The molecule has 0 fully saturated rings. The van der Waals surface area contributed by atoms with Crippen molar-refractivity contribution in [2.75, 3.05) is 18.7 Å². The Hall–Kier alpha value is -3.29. The maximum Gasteiger partial charge on any atom is 0.435 e. The fourth-order valence-electron chi connectivity index (χ4n) is 2.71. The van der Waals surface area contributed by atoms with E-state index in [0.717, 1.165) is 11.1 Å². The quantitative estimate of drug-likeness (QED) is 0.709. The summed E-state index contributed by atoms with van der Waals surface area (Å²) in [6, 6.07) is 12.6. The molecule has 0 aromatic heterocycles. The van der Waals surface area contributed by atoms with Crippen LogP contribution in [0.15, 0.2) is 59.2 Å². The van der Waals surface area contributed by atoms with Gasteiger partial charge in [-0.2, -0.15) is 23.3 Å². The first-order valence-electron chi connectivity index (χ1n) is 8.43. The number of benzene rings is 2. The molecule has 1 amide bonds. The maximum atomic E-state index is 13.5. The second-order valence-corrected chi connectivity index (χ2v) is 5.80. The molecular formula is C20H17F3N2O3. The van der Waals surface area contributed by atoms with Gasteiger partial charge >= 0.3 is 6.18 Å². The average molecular weight is 390 g/mol. The molecule has 5 nitrogen and oxygen atoms in total. The molecule has 8 heteroatoms. The van der Waals surface area contributed by atoms with Crippen molar-refractivity contribution in [3.63, 3.8) is 0 Å². The fraction of sp³-hybridized carbons (Fsp3) is 0.200. The third kappa shape index (κ3) is 3.85. The van der Waals surface area contributed by atoms with Crippen molar-refractivity contribution in [2.45, 2.75) is 13.1 Å². The van der Waals surface area contributed by atoms with E-state index in [2.05, 4.69) is 5.10 Å². The summed E-state index contributed by atoms with van der Waals surface area (Å²) in [5, 5.41) is 4.28. The predicted octanol–water partition coefficient (Wildman–Crippen LogP) is 4.44. The molecule has 146 valence electrons. The predicted molar refractivity (Wildman–Crippen MR) is 99.6 cm³/mol. The minimum absolute atomic E-state index is 0.252. The SMILES string of the molecule is CCOc1ccc(/C=C2\C(=O)N(c3ccccc3)N=C2C(F)(F)F)cc1OC. The van der Waals surface area contributed by atoms with Gasteiger partial charge in [0.1, 0.15) is 0 Å². The lowest BCUT2D eigenvalue weighted by Gasteiger charge is -2.11. The highest BCUT2D eigenvalue weighted by Gasteiger charge is 2.46. The lowest BCUT2D eigenvalue weighted by Crippen LogP contribution is -2.25. The highest BCUT2D eigenvalue weighted by molar-refractivity contribution is 6.34. The number of carbonyl (C=O) groups excluding carboxylic acids is 1. The molecule has 0 spiro atoms. The van der Waals surface area contributed by atoms with E-state index < -0.39 is 23.4 Å². The third-order valence-electron chi connectivity index (χ3n) is 3.95. The lowest BCUT2D eigenvalue weighted by molar-refractivity contribution is -0.114. The Kier molecular flexibility index (Phi) is 5.39. The fourth-order valence-corrected chi connectivity index (χ4v) is 2.71. The molecule has 0 saturated carbocycles. The first kappa shape index (κ1) is 19.5. The number of alkyl halides is 3. The second-order valence-electron chi connectivity index (χ2n) is 5.80. The summed E-state index contributed by atoms with van der Waals surface area (Å²) in [4.78, 5) is 12.7. The minimum Gasteiger partial charge on any atom is -0.493 e. The van der Waals surface area contributed by atoms with E-state index in [1.54, 1.807) is 37.3 Å². The molecular weight excluding hydrogens is 373 g/mol. The molecule has 0 unspecified atom stereocenters. The van der Waals surface area contributed by atoms with Crippen LogP contribution >= 0.6 is 0 Å². The number of rotatable bonds is 5. The van der Waals surface area contributed by atoms with Gasteiger partial charge in [0.25, 0.3) is 5.91 Å². The molecule has 0 bridgehead atoms. The Labute approximate surface area is 159 Å². The van der Waals surface area contributed by atoms with Crippen molar-refractivity contribution < 1.29 is 27.4 Å². The number of anilines is 1. The Morgan fingerprint density at radius 1 is 1.11 bits per heavy atom. The number of amides is 1. The number of hydrogen-bond acceptors (Lipinski definition) is 4. The summed E-state index contributed by atoms with van der Waals surface area (Å²) in [6.45, 7) is 2.21. The summed E-state index contributed by atoms with van der Waals surface area (Å²) >= 11 is 0. The van der Waals surface area contributed by atoms with Gasteiger partial charge < -0.3 is 9.47 Å². The van der Waals surface area contributed by atoms with E-state index in [1.165, 1.54) is 25.3 Å². The number of ether oxygens (including phenoxy) is 2. The van der Waals surface area contributed by atoms with Crippen LogP contribution in [0.1, 0.15) is 12.5 Å². The topological polar surface area (TPSA) is 51.1 Å². The molecule has 2 aromatic carbocycles. The summed E-state index contributed by atoms with van der Waals surface area (Å²) in [6.07, 6.45) is -3.63. The zero-order valence-corrected chi connectivity index (χ0v) is 15.2. The van der Waals surface area contributed by atoms with Gasteiger partial charge in [0, 0.05) is 0 Å². The molecule has 0 saturated heterocycles. The van der Waals surface area contributed by atoms with E-state index in [0.29, 0.717) is 23.7 Å². The molecule has 2 aromatic rings. The maximum absolute atomic E-state index is 13.5. The van der Waals surface area contributed by atoms with Gasteiger partial charge in [-0.25, -0.2) is 0 Å². The Morgan fingerprint density at radius 3 is 2.43 bits per heavy atom. The van der Waals surface area contributed by atoms with Crippen molar-refractivity contribution in [1.29, 1.82) is 0 Å². The van der Waals surface area contributed by atoms with Crippen molar-refractivity contribution >= 4 is 23.4 Å². The molecule has 28 heavy (non-hydrogen) atoms. The van der Waals surface area contributed by atoms with Crippen molar-refractivity contribution in [2.24, 2.45) is 5.10 Å². The van der Waals surface area contributed by atoms with Gasteiger partial charge in [-0.3, -0.25) is 4.79 Å². The van der Waals surface area contributed by atoms with Gasteiger partial charge in [0.2, 0.25) is 0 Å². The van der Waals surface area contributed by atoms with Crippen LogP contribution in [0.3, 0.4) is 0 Å². The van der Waals surface area contributed by atoms with Crippen molar-refractivity contribution in [1.82, 2.24) is 0 Å². The lowest BCUT2D eigenvalue weighted by atomic mass is 10.1. The third-order valence-corrected chi connectivity index (χ3v) is 3.95. The Morgan fingerprint density at radius 2 is 1.82 bits per heavy atom. The molecule has 0 N–H and O–H groups in total. The summed E-state index contributed by atoms with van der Waals surface area (Å²) in [5.74, 6) is -0.0426. The first-order chi connectivity index (χ1) is 13.3. The highest BCUT2D eigenvalue weighted by Crippen LogP contribution is 2.34. The zero-order chi connectivity index (χ0) is 20.3. The Balaban J connectivity index is 2.04. The number of methoxy groups -OCH3 is 1. The molecule has 0 aliphatic carbocycles. The number of nitrogens with zero attached hydrogens (tertiary/aromatic N) is 2. The monoisotopic (exact) mass is 390 g/mol. The Bertz CT molecular complexity index is 937. The van der Waals surface area contributed by atoms with Gasteiger partial charge in [-0.15, -0.1) is 0 Å². The van der Waals surface area contributed by atoms with E-state index in [-0.39, 0.29) is 5.69 Å². The van der Waals surface area contributed by atoms with Crippen molar-refractivity contribution in [3.8, 4) is 11.5 Å². The van der Waals surface area contributed by atoms with E-state index in [1.807, 2.05) is 0 Å². The van der Waals surface area contributed by atoms with Crippen LogP contribution in [-0.2, 0) is 4.79 Å². The van der Waals surface area contributed by atoms with Crippen LogP contribution in [0, 0.1) is 0 Å². The van der Waals surface area contributed by atoms with Crippen LogP contribution < -0.4 is 14.5 Å². The number of halogens is 3. The van der Waals surface area contributed by atoms with E-state index in [4.69, 9.17) is 9.47 Å². The summed E-state index contributed by atoms with van der Waals surface area (Å²) in [7, 11) is 1.43. The molecule has 0 atom stereocenters. The van der Waals surface area contributed by atoms with E-state index >= 15 is 0 Å². The molecule has 1 heterocycles. The van der Waals surface area contributed by atoms with Gasteiger partial charge in [-0.05, 0) is 42.8 Å². The van der Waals surface area contributed by atoms with Crippen LogP contribution in [0.5, 0.6) is 11.5 Å². The number of carbonyl (C=O) groups is 1. The normalized spacial score (nSPS) is 15.8. The first-order valence-corrected chi connectivity index (χ1v) is 8.43. The number of hydrogen-bond donors (Lipinski definition) is 0. The van der Waals surface area contributed by atoms with Crippen molar-refractivity contribution in [3.05, 3.63) is 59.7 Å². The van der Waals surface area contributed by atoms with Crippen LogP contribution in [0.4, 0.5) is 18.9 Å². The van der Waals surface area contributed by atoms with Crippen LogP contribution in [0.25, 0.3) is 6.08 Å². The second kappa shape index (κ2) is 7.75. The summed E-state index contributed by atoms with van der Waals surface area (Å²) in [5.41, 5.74) is -1.17. The van der Waals surface area contributed by atoms with Gasteiger partial charge in [-0.1, -0.05) is 24.3 Å². The molecule has 1 aliphatic rings. The average Bonchev–Trinajstić information content (AvgIpc) is 3.00. The number of hydrazone groups is 1. The number of para-hydroxylation sites is 1. The zero-order valence-electron chi connectivity index (χ0n) is 15.2. The molecule has 3 rings (SSSR count). The smallest absolute Gasteiger partial charge is 0.435 e. The van der Waals surface area contributed by atoms with Crippen LogP contribution in [-0.4, -0.2) is 31.5 Å². The molecule has 0 radical (unpaired) electrons. The minimum atomic E-state index is -4.78. The van der Waals surface area contributed by atoms with E-state index in [9.17, 15) is 18.0 Å². The standard InChI is InChI=1S/C20H17F3N2O3/c1-3-28-16-10-9-13(12-17(16)27-2)11-15-18(20(21,22)23)24-25(19(15)26)14-7-5-4-6-8-14/h4-12H,3H2,1-2H3/b15-11-. The van der Waals surface area contributed by atoms with Gasteiger partial charge in [0.05, 0.1) is 25.0 Å². The molecule has 1 aliphatic heterocycles. The van der Waals surface area contributed by atoms with Gasteiger partial charge in [0.15, 0.2) is 17.2 Å². The largest absolute Gasteiger partial charge is 0.493 e. The summed E-state index contributed by atoms with van der Waals surface area (Å²) < 4.78 is 51.1. The van der Waals surface area contributed by atoms with Crippen LogP contribution in [0.2, 0.25) is 0 Å².